The minimum Gasteiger partial charge on any atom is -0.477 e. The Balaban J connectivity index is 2.58. The van der Waals surface area contributed by atoms with E-state index in [0.29, 0.717) is 11.4 Å². The summed E-state index contributed by atoms with van der Waals surface area (Å²) in [6.45, 7) is 3.99. The maximum absolute atomic E-state index is 11.3. The van der Waals surface area contributed by atoms with Gasteiger partial charge in [0.2, 0.25) is 0 Å². The maximum atomic E-state index is 11.3. The van der Waals surface area contributed by atoms with Gasteiger partial charge < -0.3 is 10.8 Å². The summed E-state index contributed by atoms with van der Waals surface area (Å²) in [5.41, 5.74) is 7.57. The number of anilines is 1. The minimum atomic E-state index is -0.947. The summed E-state index contributed by atoms with van der Waals surface area (Å²) >= 11 is 1.22. The number of rotatable bonds is 3. The van der Waals surface area contributed by atoms with Gasteiger partial charge in [-0.05, 0) is 12.1 Å². The molecule has 94 valence electrons. The summed E-state index contributed by atoms with van der Waals surface area (Å²) in [7, 11) is 0. The molecule has 0 spiro atoms. The Hall–Kier alpha value is -1.88. The lowest BCUT2D eigenvalue weighted by molar-refractivity contribution is 0.0702. The molecule has 2 rings (SSSR count). The number of nitrogens with zero attached hydrogens (tertiary/aromatic N) is 1. The zero-order valence-electron chi connectivity index (χ0n) is 10.2. The van der Waals surface area contributed by atoms with Gasteiger partial charge >= 0.3 is 5.97 Å². The first-order valence-corrected chi connectivity index (χ1v) is 6.40. The lowest BCUT2D eigenvalue weighted by Gasteiger charge is -2.00. The number of aromatic nitrogens is 1. The zero-order chi connectivity index (χ0) is 13.3. The Morgan fingerprint density at radius 1 is 1.44 bits per heavy atom. The largest absolute Gasteiger partial charge is 0.477 e. The van der Waals surface area contributed by atoms with Crippen LogP contribution in [0.1, 0.15) is 34.4 Å². The van der Waals surface area contributed by atoms with Crippen molar-refractivity contribution in [2.24, 2.45) is 0 Å². The maximum Gasteiger partial charge on any atom is 0.348 e. The number of benzene rings is 1. The van der Waals surface area contributed by atoms with E-state index in [2.05, 4.69) is 4.98 Å². The summed E-state index contributed by atoms with van der Waals surface area (Å²) < 4.78 is 0. The molecule has 0 aliphatic rings. The van der Waals surface area contributed by atoms with E-state index in [4.69, 9.17) is 5.73 Å². The van der Waals surface area contributed by atoms with E-state index in [1.54, 1.807) is 18.2 Å². The third-order valence-corrected chi connectivity index (χ3v) is 3.84. The lowest BCUT2D eigenvalue weighted by atomic mass is 10.1. The predicted molar refractivity (Wildman–Crippen MR) is 73.0 cm³/mol. The smallest absolute Gasteiger partial charge is 0.348 e. The second-order valence-corrected chi connectivity index (χ2v) is 5.35. The average molecular weight is 262 g/mol. The standard InChI is InChI=1S/C13H14N2O2S/c1-7(2)12-15-10(11(18-12)13(16)17)8-4-3-5-9(14)6-8/h3-7H,14H2,1-2H3,(H,16,17). The van der Waals surface area contributed by atoms with Crippen LogP contribution in [-0.4, -0.2) is 16.1 Å². The van der Waals surface area contributed by atoms with Crippen LogP contribution in [0.5, 0.6) is 0 Å². The van der Waals surface area contributed by atoms with Crippen molar-refractivity contribution in [3.8, 4) is 11.3 Å². The minimum absolute atomic E-state index is 0.211. The number of aromatic carboxylic acids is 1. The Morgan fingerprint density at radius 3 is 2.72 bits per heavy atom. The second-order valence-electron chi connectivity index (χ2n) is 4.32. The van der Waals surface area contributed by atoms with Crippen molar-refractivity contribution < 1.29 is 9.90 Å². The number of carbonyl (C=O) groups is 1. The van der Waals surface area contributed by atoms with Gasteiger partial charge in [0.25, 0.3) is 0 Å². The highest BCUT2D eigenvalue weighted by Gasteiger charge is 2.20. The van der Waals surface area contributed by atoms with Crippen molar-refractivity contribution in [2.75, 3.05) is 5.73 Å². The number of thiazole rings is 1. The molecule has 0 amide bonds. The topological polar surface area (TPSA) is 76.2 Å². The summed E-state index contributed by atoms with van der Waals surface area (Å²) in [5, 5.41) is 10.1. The summed E-state index contributed by atoms with van der Waals surface area (Å²) in [6, 6.07) is 7.12. The van der Waals surface area contributed by atoms with Gasteiger partial charge in [0.1, 0.15) is 4.88 Å². The molecule has 0 bridgehead atoms. The van der Waals surface area contributed by atoms with Crippen molar-refractivity contribution in [3.05, 3.63) is 34.2 Å². The highest BCUT2D eigenvalue weighted by molar-refractivity contribution is 7.14. The fraction of sp³-hybridized carbons (Fsp3) is 0.231. The number of carboxylic acid groups (broad SMARTS) is 1. The Labute approximate surface area is 109 Å². The molecule has 3 N–H and O–H groups in total. The average Bonchev–Trinajstić information content (AvgIpc) is 2.73. The molecular formula is C13H14N2O2S. The molecule has 0 aliphatic heterocycles. The molecule has 1 aromatic heterocycles. The molecule has 0 radical (unpaired) electrons. The van der Waals surface area contributed by atoms with Gasteiger partial charge in [0.05, 0.1) is 10.7 Å². The van der Waals surface area contributed by atoms with E-state index in [-0.39, 0.29) is 10.8 Å². The first-order valence-electron chi connectivity index (χ1n) is 5.59. The number of carboxylic acids is 1. The number of hydrogen-bond acceptors (Lipinski definition) is 4. The molecule has 0 saturated carbocycles. The summed E-state index contributed by atoms with van der Waals surface area (Å²) in [6.07, 6.45) is 0. The summed E-state index contributed by atoms with van der Waals surface area (Å²) in [5.74, 6) is -0.736. The number of nitrogens with two attached hydrogens (primary N) is 1. The van der Waals surface area contributed by atoms with Gasteiger partial charge in [-0.25, -0.2) is 9.78 Å². The van der Waals surface area contributed by atoms with E-state index in [0.717, 1.165) is 10.6 Å². The first kappa shape index (κ1) is 12.6. The summed E-state index contributed by atoms with van der Waals surface area (Å²) in [4.78, 5) is 15.9. The fourth-order valence-corrected chi connectivity index (χ4v) is 2.54. The molecule has 18 heavy (non-hydrogen) atoms. The Morgan fingerprint density at radius 2 is 2.17 bits per heavy atom. The third-order valence-electron chi connectivity index (χ3n) is 2.49. The van der Waals surface area contributed by atoms with Crippen LogP contribution in [0.2, 0.25) is 0 Å². The SMILES string of the molecule is CC(C)c1nc(-c2cccc(N)c2)c(C(=O)O)s1. The molecule has 1 heterocycles. The molecule has 1 aromatic carbocycles. The van der Waals surface area contributed by atoms with Crippen LogP contribution in [0.15, 0.2) is 24.3 Å². The molecule has 2 aromatic rings. The van der Waals surface area contributed by atoms with Crippen LogP contribution in [0.4, 0.5) is 5.69 Å². The fourth-order valence-electron chi connectivity index (χ4n) is 1.61. The normalized spacial score (nSPS) is 10.8. The molecule has 0 fully saturated rings. The van der Waals surface area contributed by atoms with Gasteiger partial charge in [-0.2, -0.15) is 0 Å². The van der Waals surface area contributed by atoms with Crippen molar-refractivity contribution in [1.29, 1.82) is 0 Å². The van der Waals surface area contributed by atoms with Crippen LogP contribution in [0.3, 0.4) is 0 Å². The molecular weight excluding hydrogens is 248 g/mol. The van der Waals surface area contributed by atoms with E-state index < -0.39 is 5.97 Å². The van der Waals surface area contributed by atoms with Crippen LogP contribution >= 0.6 is 11.3 Å². The van der Waals surface area contributed by atoms with Gasteiger partial charge in [-0.3, -0.25) is 0 Å². The van der Waals surface area contributed by atoms with Gasteiger partial charge in [0, 0.05) is 17.2 Å². The van der Waals surface area contributed by atoms with Crippen LogP contribution in [0.25, 0.3) is 11.3 Å². The van der Waals surface area contributed by atoms with E-state index in [1.165, 1.54) is 11.3 Å². The highest BCUT2D eigenvalue weighted by atomic mass is 32.1. The van der Waals surface area contributed by atoms with Gasteiger partial charge in [-0.1, -0.05) is 26.0 Å². The molecule has 0 aliphatic carbocycles. The number of nitrogen functional groups attached to an aromatic ring is 1. The quantitative estimate of drug-likeness (QED) is 0.833. The van der Waals surface area contributed by atoms with Crippen molar-refractivity contribution in [1.82, 2.24) is 4.98 Å². The lowest BCUT2D eigenvalue weighted by Crippen LogP contribution is -1.96. The van der Waals surface area contributed by atoms with Crippen LogP contribution in [-0.2, 0) is 0 Å². The molecule has 0 unspecified atom stereocenters. The van der Waals surface area contributed by atoms with Crippen molar-refractivity contribution in [2.45, 2.75) is 19.8 Å². The Bertz CT molecular complexity index is 590. The van der Waals surface area contributed by atoms with E-state index in [9.17, 15) is 9.90 Å². The zero-order valence-corrected chi connectivity index (χ0v) is 11.0. The first-order chi connectivity index (χ1) is 8.49. The molecule has 5 heteroatoms. The van der Waals surface area contributed by atoms with Gasteiger partial charge in [0.15, 0.2) is 0 Å². The predicted octanol–water partition coefficient (Wildman–Crippen LogP) is 3.21. The third kappa shape index (κ3) is 2.36. The molecule has 4 nitrogen and oxygen atoms in total. The van der Waals surface area contributed by atoms with E-state index >= 15 is 0 Å². The van der Waals surface area contributed by atoms with Crippen LogP contribution < -0.4 is 5.73 Å². The highest BCUT2D eigenvalue weighted by Crippen LogP contribution is 2.32. The monoisotopic (exact) mass is 262 g/mol. The van der Waals surface area contributed by atoms with E-state index in [1.807, 2.05) is 19.9 Å². The molecule has 0 saturated heterocycles. The second kappa shape index (κ2) is 4.78. The van der Waals surface area contributed by atoms with Crippen LogP contribution in [0, 0.1) is 0 Å². The molecule has 0 atom stereocenters. The van der Waals surface area contributed by atoms with Crippen molar-refractivity contribution >= 4 is 23.0 Å². The van der Waals surface area contributed by atoms with Gasteiger partial charge in [-0.15, -0.1) is 11.3 Å². The number of hydrogen-bond donors (Lipinski definition) is 2. The Kier molecular flexibility index (Phi) is 3.34. The van der Waals surface area contributed by atoms with Crippen molar-refractivity contribution in [3.63, 3.8) is 0 Å².